The van der Waals surface area contributed by atoms with Gasteiger partial charge in [0.25, 0.3) is 0 Å². The van der Waals surface area contributed by atoms with Gasteiger partial charge in [-0.25, -0.2) is 0 Å². The van der Waals surface area contributed by atoms with Crippen molar-refractivity contribution in [1.82, 2.24) is 0 Å². The van der Waals surface area contributed by atoms with Crippen LogP contribution in [0.4, 0.5) is 0 Å². The van der Waals surface area contributed by atoms with Gasteiger partial charge in [-0.05, 0) is 17.7 Å². The SMILES string of the molecule is O.Oc1cc(O)c2c(c1)O[C@H](c1ccc(O)c(O)c1)[C@@H](O)C2. The topological polar surface area (TPSA) is 142 Å². The Labute approximate surface area is 125 Å². The standard InChI is InChI=1S/C15H14O6.H2O/c16-8-4-11(18)9-6-13(20)15(21-14(9)5-8)7-1-2-10(17)12(19)3-7;/h1-5,13,15-20H,6H2;1H2/t13-,15+;/m0./s1. The molecule has 0 bridgehead atoms. The molecule has 1 aliphatic heterocycles. The molecule has 118 valence electrons. The lowest BCUT2D eigenvalue weighted by Crippen LogP contribution is -2.30. The van der Waals surface area contributed by atoms with Crippen LogP contribution in [0.15, 0.2) is 30.3 Å². The number of aromatic hydroxyl groups is 4. The van der Waals surface area contributed by atoms with E-state index in [1.54, 1.807) is 0 Å². The maximum absolute atomic E-state index is 10.2. The lowest BCUT2D eigenvalue weighted by molar-refractivity contribution is 0.0197. The number of rotatable bonds is 1. The van der Waals surface area contributed by atoms with E-state index in [1.807, 2.05) is 0 Å². The Morgan fingerprint density at radius 3 is 2.32 bits per heavy atom. The summed E-state index contributed by atoms with van der Waals surface area (Å²) in [5.74, 6) is -0.589. The molecule has 0 unspecified atom stereocenters. The van der Waals surface area contributed by atoms with Gasteiger partial charge in [0.1, 0.15) is 23.4 Å². The van der Waals surface area contributed by atoms with E-state index >= 15 is 0 Å². The minimum atomic E-state index is -0.933. The molecule has 0 saturated heterocycles. The maximum Gasteiger partial charge on any atom is 0.157 e. The molecular weight excluding hydrogens is 292 g/mol. The Balaban J connectivity index is 0.00000176. The molecule has 0 fully saturated rings. The van der Waals surface area contributed by atoms with Crippen molar-refractivity contribution >= 4 is 0 Å². The van der Waals surface area contributed by atoms with E-state index in [9.17, 15) is 25.5 Å². The smallest absolute Gasteiger partial charge is 0.157 e. The molecule has 0 aliphatic carbocycles. The highest BCUT2D eigenvalue weighted by Crippen LogP contribution is 2.42. The first-order valence-electron chi connectivity index (χ1n) is 6.37. The summed E-state index contributed by atoms with van der Waals surface area (Å²) in [6.07, 6.45) is -1.56. The van der Waals surface area contributed by atoms with Crippen LogP contribution < -0.4 is 4.74 Å². The second-order valence-electron chi connectivity index (χ2n) is 5.00. The second kappa shape index (κ2) is 5.63. The molecule has 1 heterocycles. The van der Waals surface area contributed by atoms with Crippen molar-refractivity contribution in [2.75, 3.05) is 0 Å². The molecule has 0 amide bonds. The van der Waals surface area contributed by atoms with Gasteiger partial charge in [0.15, 0.2) is 11.5 Å². The second-order valence-corrected chi connectivity index (χ2v) is 5.00. The third kappa shape index (κ3) is 2.59. The molecule has 22 heavy (non-hydrogen) atoms. The summed E-state index contributed by atoms with van der Waals surface area (Å²) in [6, 6.07) is 6.67. The molecule has 1 aliphatic rings. The number of ether oxygens (including phenoxy) is 1. The van der Waals surface area contributed by atoms with Crippen LogP contribution in [0.1, 0.15) is 17.2 Å². The van der Waals surface area contributed by atoms with Gasteiger partial charge < -0.3 is 35.7 Å². The zero-order valence-electron chi connectivity index (χ0n) is 11.4. The van der Waals surface area contributed by atoms with E-state index in [1.165, 1.54) is 30.3 Å². The molecule has 7 heteroatoms. The minimum Gasteiger partial charge on any atom is -0.508 e. The number of aliphatic hydroxyl groups is 1. The van der Waals surface area contributed by atoms with Crippen molar-refractivity contribution in [2.45, 2.75) is 18.6 Å². The number of fused-ring (bicyclic) bond motifs is 1. The zero-order valence-corrected chi connectivity index (χ0v) is 11.4. The number of hydrogen-bond acceptors (Lipinski definition) is 6. The molecule has 0 aromatic heterocycles. The number of phenolic OH excluding ortho intramolecular Hbond substituents is 4. The molecule has 2 aromatic rings. The van der Waals surface area contributed by atoms with Crippen molar-refractivity contribution in [3.8, 4) is 28.7 Å². The van der Waals surface area contributed by atoms with E-state index in [0.29, 0.717) is 11.1 Å². The lowest BCUT2D eigenvalue weighted by atomic mass is 9.94. The summed E-state index contributed by atoms with van der Waals surface area (Å²) >= 11 is 0. The van der Waals surface area contributed by atoms with Gasteiger partial charge in [0, 0.05) is 24.1 Å². The molecule has 2 aromatic carbocycles. The summed E-state index contributed by atoms with van der Waals surface area (Å²) in [6.45, 7) is 0. The number of phenols is 4. The molecule has 2 atom stereocenters. The van der Waals surface area contributed by atoms with Crippen LogP contribution in [-0.4, -0.2) is 37.1 Å². The Bertz CT molecular complexity index is 699. The van der Waals surface area contributed by atoms with Crippen LogP contribution in [0.3, 0.4) is 0 Å². The van der Waals surface area contributed by atoms with Gasteiger partial charge in [0.05, 0.1) is 6.10 Å². The van der Waals surface area contributed by atoms with Crippen LogP contribution in [0, 0.1) is 0 Å². The first-order chi connectivity index (χ1) is 9.95. The summed E-state index contributed by atoms with van der Waals surface area (Å²) in [5.41, 5.74) is 0.894. The monoisotopic (exact) mass is 308 g/mol. The number of hydrogen-bond donors (Lipinski definition) is 5. The largest absolute Gasteiger partial charge is 0.508 e. The van der Waals surface area contributed by atoms with Crippen LogP contribution in [0.25, 0.3) is 0 Å². The first-order valence-corrected chi connectivity index (χ1v) is 6.37. The van der Waals surface area contributed by atoms with E-state index in [-0.39, 0.29) is 40.6 Å². The number of benzene rings is 2. The lowest BCUT2D eigenvalue weighted by Gasteiger charge is -2.31. The van der Waals surface area contributed by atoms with E-state index < -0.39 is 12.2 Å². The van der Waals surface area contributed by atoms with Gasteiger partial charge in [-0.15, -0.1) is 0 Å². The highest BCUT2D eigenvalue weighted by molar-refractivity contribution is 5.52. The quantitative estimate of drug-likeness (QED) is 0.491. The normalized spacial score (nSPS) is 19.7. The third-order valence-corrected chi connectivity index (χ3v) is 3.51. The van der Waals surface area contributed by atoms with Crippen molar-refractivity contribution in [3.63, 3.8) is 0 Å². The van der Waals surface area contributed by atoms with Crippen molar-refractivity contribution in [2.24, 2.45) is 0 Å². The fourth-order valence-electron chi connectivity index (χ4n) is 2.47. The van der Waals surface area contributed by atoms with Gasteiger partial charge in [0.2, 0.25) is 0 Å². The predicted molar refractivity (Wildman–Crippen MR) is 76.2 cm³/mol. The summed E-state index contributed by atoms with van der Waals surface area (Å²) in [5, 5.41) is 48.3. The zero-order chi connectivity index (χ0) is 15.1. The first kappa shape index (κ1) is 15.7. The average molecular weight is 308 g/mol. The highest BCUT2D eigenvalue weighted by atomic mass is 16.5. The summed E-state index contributed by atoms with van der Waals surface area (Å²) in [4.78, 5) is 0. The Morgan fingerprint density at radius 2 is 1.64 bits per heavy atom. The maximum atomic E-state index is 10.2. The Morgan fingerprint density at radius 1 is 0.909 bits per heavy atom. The molecule has 0 radical (unpaired) electrons. The Kier molecular flexibility index (Phi) is 4.03. The van der Waals surface area contributed by atoms with Gasteiger partial charge >= 0.3 is 0 Å². The van der Waals surface area contributed by atoms with Crippen molar-refractivity contribution in [1.29, 1.82) is 0 Å². The summed E-state index contributed by atoms with van der Waals surface area (Å²) < 4.78 is 5.62. The van der Waals surface area contributed by atoms with E-state index in [2.05, 4.69) is 0 Å². The Hall–Kier alpha value is -2.64. The van der Waals surface area contributed by atoms with Crippen LogP contribution in [0.5, 0.6) is 28.7 Å². The highest BCUT2D eigenvalue weighted by Gasteiger charge is 2.32. The average Bonchev–Trinajstić information content (AvgIpc) is 2.42. The summed E-state index contributed by atoms with van der Waals surface area (Å²) in [7, 11) is 0. The van der Waals surface area contributed by atoms with Crippen LogP contribution >= 0.6 is 0 Å². The van der Waals surface area contributed by atoms with Gasteiger partial charge in [-0.3, -0.25) is 0 Å². The van der Waals surface area contributed by atoms with Gasteiger partial charge in [-0.1, -0.05) is 6.07 Å². The molecule has 0 saturated carbocycles. The molecule has 7 N–H and O–H groups in total. The van der Waals surface area contributed by atoms with Gasteiger partial charge in [-0.2, -0.15) is 0 Å². The van der Waals surface area contributed by atoms with Crippen LogP contribution in [0.2, 0.25) is 0 Å². The van der Waals surface area contributed by atoms with Crippen LogP contribution in [-0.2, 0) is 6.42 Å². The fraction of sp³-hybridized carbons (Fsp3) is 0.200. The fourth-order valence-corrected chi connectivity index (χ4v) is 2.47. The predicted octanol–water partition coefficient (Wildman–Crippen LogP) is 0.721. The minimum absolute atomic E-state index is 0. The molecule has 0 spiro atoms. The van der Waals surface area contributed by atoms with E-state index in [0.717, 1.165) is 0 Å². The number of aliphatic hydroxyl groups excluding tert-OH is 1. The third-order valence-electron chi connectivity index (χ3n) is 3.51. The van der Waals surface area contributed by atoms with Crippen molar-refractivity contribution in [3.05, 3.63) is 41.5 Å². The van der Waals surface area contributed by atoms with E-state index in [4.69, 9.17) is 4.74 Å². The molecule has 3 rings (SSSR count). The van der Waals surface area contributed by atoms with Crippen molar-refractivity contribution < 1.29 is 35.7 Å². The molecule has 7 nitrogen and oxygen atoms in total. The molecular formula is C15H16O7.